The average Bonchev–Trinajstić information content (AvgIpc) is 2.65. The summed E-state index contributed by atoms with van der Waals surface area (Å²) in [4.78, 5) is 4.52. The lowest BCUT2D eigenvalue weighted by Crippen LogP contribution is -1.89. The maximum absolute atomic E-state index is 13.2. The minimum atomic E-state index is -0.202. The summed E-state index contributed by atoms with van der Waals surface area (Å²) in [5.74, 6) is 0.157. The first-order chi connectivity index (χ1) is 7.99. The maximum Gasteiger partial charge on any atom is 0.126 e. The number of rotatable bonds is 2. The van der Waals surface area contributed by atoms with Gasteiger partial charge in [-0.15, -0.1) is 11.3 Å². The lowest BCUT2D eigenvalue weighted by atomic mass is 10.1. The first-order valence-electron chi connectivity index (χ1n) is 5.51. The minimum absolute atomic E-state index is 0.202. The predicted molar refractivity (Wildman–Crippen MR) is 70.7 cm³/mol. The first kappa shape index (κ1) is 12.0. The van der Waals surface area contributed by atoms with Gasteiger partial charge in [-0.2, -0.15) is 0 Å². The lowest BCUT2D eigenvalue weighted by molar-refractivity contribution is 0.619. The molecule has 90 valence electrons. The van der Waals surface area contributed by atoms with Gasteiger partial charge in [-0.25, -0.2) is 9.37 Å². The number of nitrogens with zero attached hydrogens (tertiary/aromatic N) is 1. The Morgan fingerprint density at radius 2 is 2.06 bits per heavy atom. The zero-order valence-electron chi connectivity index (χ0n) is 10.1. The number of aromatic nitrogens is 1. The zero-order chi connectivity index (χ0) is 12.6. The molecule has 17 heavy (non-hydrogen) atoms. The summed E-state index contributed by atoms with van der Waals surface area (Å²) in [6, 6.07) is 4.96. The molecule has 0 fully saturated rings. The average molecular weight is 250 g/mol. The molecule has 0 aliphatic rings. The van der Waals surface area contributed by atoms with Crippen LogP contribution in [0.2, 0.25) is 0 Å². The standard InChI is InChI=1S/C13H15FN2S/c1-7(2)13-16-11(12(15)17-13)9-4-5-10(14)8(3)6-9/h4-7H,15H2,1-3H3. The molecule has 2 aromatic rings. The van der Waals surface area contributed by atoms with Gasteiger partial charge in [0.05, 0.1) is 5.01 Å². The summed E-state index contributed by atoms with van der Waals surface area (Å²) in [6.45, 7) is 5.90. The lowest BCUT2D eigenvalue weighted by Gasteiger charge is -2.01. The molecule has 0 unspecified atom stereocenters. The number of hydrogen-bond acceptors (Lipinski definition) is 3. The second-order valence-electron chi connectivity index (χ2n) is 4.38. The normalized spacial score (nSPS) is 11.1. The second-order valence-corrected chi connectivity index (χ2v) is 5.45. The molecule has 0 spiro atoms. The van der Waals surface area contributed by atoms with Crippen molar-refractivity contribution in [1.82, 2.24) is 4.98 Å². The second kappa shape index (κ2) is 4.45. The molecule has 0 saturated carbocycles. The van der Waals surface area contributed by atoms with Crippen LogP contribution in [0.4, 0.5) is 9.39 Å². The molecular weight excluding hydrogens is 235 g/mol. The smallest absolute Gasteiger partial charge is 0.126 e. The van der Waals surface area contributed by atoms with E-state index in [1.807, 2.05) is 0 Å². The van der Waals surface area contributed by atoms with Crippen LogP contribution in [0.25, 0.3) is 11.3 Å². The molecule has 2 rings (SSSR count). The van der Waals surface area contributed by atoms with Crippen molar-refractivity contribution < 1.29 is 4.39 Å². The molecule has 0 aliphatic heterocycles. The van der Waals surface area contributed by atoms with E-state index in [1.165, 1.54) is 17.4 Å². The quantitative estimate of drug-likeness (QED) is 0.876. The third-order valence-electron chi connectivity index (χ3n) is 2.60. The van der Waals surface area contributed by atoms with Crippen LogP contribution in [-0.2, 0) is 0 Å². The largest absolute Gasteiger partial charge is 0.389 e. The van der Waals surface area contributed by atoms with E-state index in [0.717, 1.165) is 16.3 Å². The number of nitrogens with two attached hydrogens (primary N) is 1. The highest BCUT2D eigenvalue weighted by molar-refractivity contribution is 7.16. The Morgan fingerprint density at radius 1 is 1.35 bits per heavy atom. The SMILES string of the molecule is Cc1cc(-c2nc(C(C)C)sc2N)ccc1F. The van der Waals surface area contributed by atoms with Crippen molar-refractivity contribution in [3.63, 3.8) is 0 Å². The van der Waals surface area contributed by atoms with E-state index >= 15 is 0 Å². The van der Waals surface area contributed by atoms with Crippen LogP contribution >= 0.6 is 11.3 Å². The highest BCUT2D eigenvalue weighted by Crippen LogP contribution is 2.34. The molecule has 2 nitrogen and oxygen atoms in total. The minimum Gasteiger partial charge on any atom is -0.389 e. The molecular formula is C13H15FN2S. The summed E-state index contributed by atoms with van der Waals surface area (Å²) < 4.78 is 13.2. The number of hydrogen-bond donors (Lipinski definition) is 1. The number of anilines is 1. The van der Waals surface area contributed by atoms with E-state index in [0.29, 0.717) is 16.5 Å². The van der Waals surface area contributed by atoms with Crippen molar-refractivity contribution in [1.29, 1.82) is 0 Å². The van der Waals surface area contributed by atoms with Gasteiger partial charge >= 0.3 is 0 Å². The number of halogens is 1. The van der Waals surface area contributed by atoms with Crippen LogP contribution in [0.5, 0.6) is 0 Å². The molecule has 4 heteroatoms. The molecule has 1 aromatic heterocycles. The van der Waals surface area contributed by atoms with Gasteiger partial charge in [0.2, 0.25) is 0 Å². The summed E-state index contributed by atoms with van der Waals surface area (Å²) in [5.41, 5.74) is 8.22. The van der Waals surface area contributed by atoms with Gasteiger partial charge in [0.1, 0.15) is 16.5 Å². The van der Waals surface area contributed by atoms with Gasteiger partial charge in [-0.05, 0) is 30.7 Å². The highest BCUT2D eigenvalue weighted by atomic mass is 32.1. The molecule has 0 radical (unpaired) electrons. The van der Waals surface area contributed by atoms with Gasteiger partial charge < -0.3 is 5.73 Å². The van der Waals surface area contributed by atoms with E-state index in [9.17, 15) is 4.39 Å². The van der Waals surface area contributed by atoms with Crippen molar-refractivity contribution >= 4 is 16.3 Å². The molecule has 1 aromatic carbocycles. The van der Waals surface area contributed by atoms with E-state index < -0.39 is 0 Å². The fourth-order valence-corrected chi connectivity index (χ4v) is 2.45. The Kier molecular flexibility index (Phi) is 3.15. The molecule has 0 amide bonds. The van der Waals surface area contributed by atoms with E-state index in [4.69, 9.17) is 5.73 Å². The molecule has 0 saturated heterocycles. The maximum atomic E-state index is 13.2. The van der Waals surface area contributed by atoms with Gasteiger partial charge in [-0.1, -0.05) is 13.8 Å². The van der Waals surface area contributed by atoms with E-state index in [1.54, 1.807) is 19.1 Å². The van der Waals surface area contributed by atoms with E-state index in [2.05, 4.69) is 18.8 Å². The summed E-state index contributed by atoms with van der Waals surface area (Å²) in [7, 11) is 0. The summed E-state index contributed by atoms with van der Waals surface area (Å²) in [5, 5.41) is 1.71. The van der Waals surface area contributed by atoms with Crippen molar-refractivity contribution in [2.24, 2.45) is 0 Å². The van der Waals surface area contributed by atoms with Crippen LogP contribution in [0.3, 0.4) is 0 Å². The third-order valence-corrected chi connectivity index (χ3v) is 3.78. The summed E-state index contributed by atoms with van der Waals surface area (Å²) in [6.07, 6.45) is 0. The zero-order valence-corrected chi connectivity index (χ0v) is 10.9. The van der Waals surface area contributed by atoms with Crippen molar-refractivity contribution in [3.05, 3.63) is 34.6 Å². The molecule has 0 bridgehead atoms. The number of thiazole rings is 1. The Labute approximate surface area is 104 Å². The van der Waals surface area contributed by atoms with Crippen molar-refractivity contribution in [2.75, 3.05) is 5.73 Å². The van der Waals surface area contributed by atoms with Gasteiger partial charge in [0.15, 0.2) is 0 Å². The third kappa shape index (κ3) is 2.31. The topological polar surface area (TPSA) is 38.9 Å². The Balaban J connectivity index is 2.49. The molecule has 0 aliphatic carbocycles. The van der Waals surface area contributed by atoms with E-state index in [-0.39, 0.29) is 5.82 Å². The number of benzene rings is 1. The van der Waals surface area contributed by atoms with Gasteiger partial charge in [0, 0.05) is 11.5 Å². The number of aryl methyl sites for hydroxylation is 1. The van der Waals surface area contributed by atoms with Crippen molar-refractivity contribution in [3.8, 4) is 11.3 Å². The number of nitrogen functional groups attached to an aromatic ring is 1. The fourth-order valence-electron chi connectivity index (χ4n) is 1.59. The summed E-state index contributed by atoms with van der Waals surface area (Å²) >= 11 is 1.50. The monoisotopic (exact) mass is 250 g/mol. The molecule has 0 atom stereocenters. The van der Waals surface area contributed by atoms with Crippen LogP contribution < -0.4 is 5.73 Å². The van der Waals surface area contributed by atoms with Crippen molar-refractivity contribution in [2.45, 2.75) is 26.7 Å². The first-order valence-corrected chi connectivity index (χ1v) is 6.33. The molecule has 1 heterocycles. The predicted octanol–water partition coefficient (Wildman–Crippen LogP) is 3.96. The van der Waals surface area contributed by atoms with Gasteiger partial charge in [0.25, 0.3) is 0 Å². The van der Waals surface area contributed by atoms with Gasteiger partial charge in [-0.3, -0.25) is 0 Å². The Bertz CT molecular complexity index is 546. The van der Waals surface area contributed by atoms with Crippen LogP contribution in [0.1, 0.15) is 30.3 Å². The fraction of sp³-hybridized carbons (Fsp3) is 0.308. The molecule has 2 N–H and O–H groups in total. The Hall–Kier alpha value is -1.42. The highest BCUT2D eigenvalue weighted by Gasteiger charge is 2.13. The van der Waals surface area contributed by atoms with Crippen LogP contribution in [-0.4, -0.2) is 4.98 Å². The van der Waals surface area contributed by atoms with Crippen LogP contribution in [0, 0.1) is 12.7 Å². The van der Waals surface area contributed by atoms with Crippen LogP contribution in [0.15, 0.2) is 18.2 Å². The Morgan fingerprint density at radius 3 is 2.59 bits per heavy atom.